The van der Waals surface area contributed by atoms with Gasteiger partial charge >= 0.3 is 0 Å². The molecule has 0 saturated heterocycles. The molecule has 0 atom stereocenters. The third-order valence-electron chi connectivity index (χ3n) is 2.06. The van der Waals surface area contributed by atoms with Crippen LogP contribution in [-0.4, -0.2) is 16.7 Å². The zero-order chi connectivity index (χ0) is 11.4. The van der Waals surface area contributed by atoms with Crippen molar-refractivity contribution in [3.05, 3.63) is 47.2 Å². The van der Waals surface area contributed by atoms with E-state index in [0.29, 0.717) is 0 Å². The molecule has 0 unspecified atom stereocenters. The van der Waals surface area contributed by atoms with E-state index in [4.69, 9.17) is 5.11 Å². The first-order chi connectivity index (χ1) is 7.79. The van der Waals surface area contributed by atoms with E-state index in [9.17, 15) is 4.39 Å². The molecule has 0 bridgehead atoms. The number of aliphatic hydroxyl groups excluding tert-OH is 1. The summed E-state index contributed by atoms with van der Waals surface area (Å²) in [6.45, 7) is -0.561. The van der Waals surface area contributed by atoms with Crippen LogP contribution in [0.25, 0.3) is 16.6 Å². The van der Waals surface area contributed by atoms with Crippen molar-refractivity contribution in [1.29, 1.82) is 0 Å². The number of halogens is 1. The lowest BCUT2D eigenvalue weighted by Gasteiger charge is -1.98. The lowest BCUT2D eigenvalue weighted by Crippen LogP contribution is -1.82. The van der Waals surface area contributed by atoms with Crippen LogP contribution >= 0.6 is 11.3 Å². The number of aromatic nitrogens is 1. The first kappa shape index (κ1) is 11.0. The summed E-state index contributed by atoms with van der Waals surface area (Å²) in [7, 11) is 0. The highest BCUT2D eigenvalue weighted by Crippen LogP contribution is 2.22. The summed E-state index contributed by atoms with van der Waals surface area (Å²) in [5.74, 6) is -0.540. The maximum Gasteiger partial charge on any atom is 0.126 e. The second kappa shape index (κ2) is 5.01. The first-order valence-electron chi connectivity index (χ1n) is 4.76. The molecule has 0 saturated carbocycles. The van der Waals surface area contributed by atoms with Gasteiger partial charge in [-0.15, -0.1) is 11.3 Å². The molecular weight excluding hydrogens is 225 g/mol. The molecule has 1 aromatic heterocycles. The van der Waals surface area contributed by atoms with Crippen LogP contribution in [0.5, 0.6) is 0 Å². The highest BCUT2D eigenvalue weighted by molar-refractivity contribution is 7.13. The molecular formula is C12H10FNOS. The minimum atomic E-state index is -0.561. The van der Waals surface area contributed by atoms with Gasteiger partial charge < -0.3 is 5.11 Å². The monoisotopic (exact) mass is 235 g/mol. The average molecular weight is 235 g/mol. The van der Waals surface area contributed by atoms with Crippen LogP contribution in [0, 0.1) is 0 Å². The second-order valence-electron chi connectivity index (χ2n) is 3.21. The third-order valence-corrected chi connectivity index (χ3v) is 2.89. The lowest BCUT2D eigenvalue weighted by molar-refractivity contribution is 0.300. The van der Waals surface area contributed by atoms with Crippen molar-refractivity contribution in [2.45, 2.75) is 0 Å². The highest BCUT2D eigenvalue weighted by Gasteiger charge is 1.99. The maximum atomic E-state index is 12.8. The fourth-order valence-corrected chi connectivity index (χ4v) is 1.96. The Hall–Kier alpha value is -1.52. The van der Waals surface area contributed by atoms with Crippen molar-refractivity contribution in [1.82, 2.24) is 4.98 Å². The Labute approximate surface area is 96.7 Å². The van der Waals surface area contributed by atoms with Crippen molar-refractivity contribution >= 4 is 17.4 Å². The van der Waals surface area contributed by atoms with Gasteiger partial charge in [-0.05, 0) is 11.6 Å². The summed E-state index contributed by atoms with van der Waals surface area (Å²) in [6.07, 6.45) is 3.06. The van der Waals surface area contributed by atoms with Gasteiger partial charge in [0, 0.05) is 17.1 Å². The van der Waals surface area contributed by atoms with Crippen molar-refractivity contribution < 1.29 is 9.50 Å². The number of hydrogen-bond donors (Lipinski definition) is 1. The number of hydrogen-bond acceptors (Lipinski definition) is 3. The molecule has 0 aliphatic rings. The minimum absolute atomic E-state index is 0.540. The van der Waals surface area contributed by atoms with Crippen molar-refractivity contribution in [2.75, 3.05) is 6.61 Å². The van der Waals surface area contributed by atoms with E-state index < -0.39 is 12.4 Å². The van der Waals surface area contributed by atoms with E-state index in [2.05, 4.69) is 4.98 Å². The number of rotatable bonds is 3. The molecule has 0 fully saturated rings. The molecule has 0 amide bonds. The number of thiazole rings is 1. The van der Waals surface area contributed by atoms with Crippen LogP contribution in [0.15, 0.2) is 41.7 Å². The average Bonchev–Trinajstić information content (AvgIpc) is 2.83. The van der Waals surface area contributed by atoms with E-state index >= 15 is 0 Å². The minimum Gasteiger partial charge on any atom is -0.389 e. The van der Waals surface area contributed by atoms with Gasteiger partial charge in [-0.1, -0.05) is 24.3 Å². The molecule has 0 aliphatic carbocycles. The van der Waals surface area contributed by atoms with E-state index in [-0.39, 0.29) is 0 Å². The topological polar surface area (TPSA) is 33.1 Å². The predicted octanol–water partition coefficient (Wildman–Crippen LogP) is 3.11. The molecule has 2 aromatic rings. The fraction of sp³-hybridized carbons (Fsp3) is 0.0833. The molecule has 0 aliphatic heterocycles. The molecule has 16 heavy (non-hydrogen) atoms. The number of benzene rings is 1. The van der Waals surface area contributed by atoms with E-state index in [1.54, 1.807) is 29.7 Å². The van der Waals surface area contributed by atoms with Gasteiger partial charge in [0.1, 0.15) is 10.8 Å². The Kier molecular flexibility index (Phi) is 3.44. The normalized spacial score (nSPS) is 11.8. The molecule has 2 rings (SSSR count). The van der Waals surface area contributed by atoms with Crippen LogP contribution < -0.4 is 0 Å². The summed E-state index contributed by atoms with van der Waals surface area (Å²) < 4.78 is 12.8. The zero-order valence-electron chi connectivity index (χ0n) is 8.43. The quantitative estimate of drug-likeness (QED) is 0.886. The molecule has 2 nitrogen and oxygen atoms in total. The lowest BCUT2D eigenvalue weighted by atomic mass is 10.1. The fourth-order valence-electron chi connectivity index (χ4n) is 1.31. The third kappa shape index (κ3) is 2.53. The van der Waals surface area contributed by atoms with Gasteiger partial charge in [0.15, 0.2) is 0 Å². The van der Waals surface area contributed by atoms with Crippen LogP contribution in [0.2, 0.25) is 0 Å². The van der Waals surface area contributed by atoms with E-state index in [1.807, 2.05) is 17.5 Å². The van der Waals surface area contributed by atoms with Crippen molar-refractivity contribution in [3.8, 4) is 10.6 Å². The van der Waals surface area contributed by atoms with Gasteiger partial charge in [-0.2, -0.15) is 0 Å². The Morgan fingerprint density at radius 1 is 1.38 bits per heavy atom. The van der Waals surface area contributed by atoms with Gasteiger partial charge in [-0.3, -0.25) is 0 Å². The van der Waals surface area contributed by atoms with Crippen molar-refractivity contribution in [2.24, 2.45) is 0 Å². The molecule has 82 valence electrons. The summed E-state index contributed by atoms with van der Waals surface area (Å²) in [5.41, 5.74) is 1.74. The first-order valence-corrected chi connectivity index (χ1v) is 5.64. The number of nitrogens with zero attached hydrogens (tertiary/aromatic N) is 1. The smallest absolute Gasteiger partial charge is 0.126 e. The van der Waals surface area contributed by atoms with E-state index in [0.717, 1.165) is 16.1 Å². The second-order valence-corrected chi connectivity index (χ2v) is 4.10. The van der Waals surface area contributed by atoms with Gasteiger partial charge in [-0.25, -0.2) is 9.37 Å². The largest absolute Gasteiger partial charge is 0.389 e. The molecule has 1 aromatic carbocycles. The highest BCUT2D eigenvalue weighted by atomic mass is 32.1. The van der Waals surface area contributed by atoms with Gasteiger partial charge in [0.2, 0.25) is 0 Å². The maximum absolute atomic E-state index is 12.8. The standard InChI is InChI=1S/C12H10FNOS/c13-11(8-15)7-9-1-3-10(4-2-9)12-14-5-6-16-12/h1-7,15H,8H2/b11-7+. The zero-order valence-corrected chi connectivity index (χ0v) is 9.25. The summed E-state index contributed by atoms with van der Waals surface area (Å²) in [5, 5.41) is 11.4. The summed E-state index contributed by atoms with van der Waals surface area (Å²) in [4.78, 5) is 4.18. The number of aliphatic hydroxyl groups is 1. The molecule has 0 spiro atoms. The Bertz CT molecular complexity index is 476. The van der Waals surface area contributed by atoms with Crippen LogP contribution in [-0.2, 0) is 0 Å². The van der Waals surface area contributed by atoms with Gasteiger partial charge in [0.05, 0.1) is 6.61 Å². The Balaban J connectivity index is 2.23. The summed E-state index contributed by atoms with van der Waals surface area (Å²) >= 11 is 1.56. The van der Waals surface area contributed by atoms with Crippen LogP contribution in [0.4, 0.5) is 4.39 Å². The molecule has 1 N–H and O–H groups in total. The van der Waals surface area contributed by atoms with E-state index in [1.165, 1.54) is 6.08 Å². The Morgan fingerprint density at radius 3 is 2.69 bits per heavy atom. The SMILES string of the molecule is OC/C(F)=C\c1ccc(-c2nccs2)cc1. The van der Waals surface area contributed by atoms with Gasteiger partial charge in [0.25, 0.3) is 0 Å². The van der Waals surface area contributed by atoms with Crippen LogP contribution in [0.3, 0.4) is 0 Å². The van der Waals surface area contributed by atoms with Crippen molar-refractivity contribution in [3.63, 3.8) is 0 Å². The predicted molar refractivity (Wildman–Crippen MR) is 63.7 cm³/mol. The molecule has 1 heterocycles. The van der Waals surface area contributed by atoms with Crippen LogP contribution in [0.1, 0.15) is 5.56 Å². The summed E-state index contributed by atoms with van der Waals surface area (Å²) in [6, 6.07) is 7.36. The molecule has 4 heteroatoms. The Morgan fingerprint density at radius 2 is 2.12 bits per heavy atom. The molecule has 0 radical (unpaired) electrons.